The number of likely N-dealkylation sites (tertiary alicyclic amines) is 1. The van der Waals surface area contributed by atoms with E-state index in [9.17, 15) is 9.59 Å². The molecule has 0 radical (unpaired) electrons. The van der Waals surface area contributed by atoms with Gasteiger partial charge in [0.1, 0.15) is 6.04 Å². The Balaban J connectivity index is 1.47. The van der Waals surface area contributed by atoms with Crippen LogP contribution in [0, 0.1) is 17.2 Å². The van der Waals surface area contributed by atoms with Crippen molar-refractivity contribution in [1.82, 2.24) is 15.1 Å². The highest BCUT2D eigenvalue weighted by Gasteiger charge is 2.43. The van der Waals surface area contributed by atoms with Crippen molar-refractivity contribution in [2.75, 3.05) is 26.8 Å². The molecule has 0 bridgehead atoms. The average molecular weight is 482 g/mol. The number of rotatable bonds is 9. The van der Waals surface area contributed by atoms with Crippen LogP contribution in [-0.2, 0) is 20.9 Å². The number of benzene rings is 1. The van der Waals surface area contributed by atoms with Gasteiger partial charge in [0.05, 0.1) is 18.2 Å². The number of hydrogen-bond acceptors (Lipinski definition) is 6. The number of nitrogens with zero attached hydrogens (tertiary/aromatic N) is 3. The minimum absolute atomic E-state index is 0.0192. The summed E-state index contributed by atoms with van der Waals surface area (Å²) in [6.45, 7) is 2.65. The molecule has 1 aromatic rings. The number of carbonyl (C=O) groups is 2. The average Bonchev–Trinajstić information content (AvgIpc) is 3.73. The predicted molar refractivity (Wildman–Crippen MR) is 133 cm³/mol. The molecule has 1 unspecified atom stereocenters. The van der Waals surface area contributed by atoms with Gasteiger partial charge in [-0.05, 0) is 69.1 Å². The third kappa shape index (κ3) is 6.81. The van der Waals surface area contributed by atoms with E-state index in [1.165, 1.54) is 0 Å². The van der Waals surface area contributed by atoms with Gasteiger partial charge in [0.15, 0.2) is 0 Å². The SMILES string of the molecule is COCCN(Cc1ccc(C#N)cc1)C1CCN(C(=O)C2CC2)[C@@H](C(=O)NC2CCC(N)CC2)C1. The topological polar surface area (TPSA) is 112 Å². The molecule has 3 N–H and O–H groups in total. The Morgan fingerprint density at radius 3 is 2.49 bits per heavy atom. The van der Waals surface area contributed by atoms with Crippen LogP contribution in [-0.4, -0.2) is 72.6 Å². The summed E-state index contributed by atoms with van der Waals surface area (Å²) in [6, 6.07) is 9.92. The fourth-order valence-corrected chi connectivity index (χ4v) is 5.43. The van der Waals surface area contributed by atoms with Gasteiger partial charge in [-0.25, -0.2) is 0 Å². The lowest BCUT2D eigenvalue weighted by atomic mass is 9.90. The summed E-state index contributed by atoms with van der Waals surface area (Å²) in [7, 11) is 1.70. The van der Waals surface area contributed by atoms with Crippen molar-refractivity contribution in [3.05, 3.63) is 35.4 Å². The van der Waals surface area contributed by atoms with Crippen molar-refractivity contribution in [2.45, 2.75) is 82.1 Å². The van der Waals surface area contributed by atoms with Crippen LogP contribution in [0.25, 0.3) is 0 Å². The maximum absolute atomic E-state index is 13.5. The molecule has 2 atom stereocenters. The van der Waals surface area contributed by atoms with Crippen molar-refractivity contribution in [2.24, 2.45) is 11.7 Å². The Morgan fingerprint density at radius 2 is 1.86 bits per heavy atom. The molecule has 1 saturated heterocycles. The molecule has 3 fully saturated rings. The van der Waals surface area contributed by atoms with E-state index >= 15 is 0 Å². The quantitative estimate of drug-likeness (QED) is 0.559. The van der Waals surface area contributed by atoms with Crippen LogP contribution in [0.4, 0.5) is 0 Å². The number of nitriles is 1. The van der Waals surface area contributed by atoms with Crippen LogP contribution >= 0.6 is 0 Å². The Bertz CT molecular complexity index is 902. The summed E-state index contributed by atoms with van der Waals surface area (Å²) >= 11 is 0. The zero-order chi connectivity index (χ0) is 24.8. The van der Waals surface area contributed by atoms with E-state index in [4.69, 9.17) is 15.7 Å². The highest BCUT2D eigenvalue weighted by molar-refractivity contribution is 5.89. The van der Waals surface area contributed by atoms with Crippen molar-refractivity contribution in [1.29, 1.82) is 5.26 Å². The van der Waals surface area contributed by atoms with Gasteiger partial charge >= 0.3 is 0 Å². The molecule has 8 nitrogen and oxygen atoms in total. The first-order valence-corrected chi connectivity index (χ1v) is 13.1. The van der Waals surface area contributed by atoms with E-state index in [0.717, 1.165) is 57.1 Å². The molecule has 1 aliphatic heterocycles. The molecular weight excluding hydrogens is 442 g/mol. The number of hydrogen-bond donors (Lipinski definition) is 2. The minimum atomic E-state index is -0.441. The molecule has 1 heterocycles. The van der Waals surface area contributed by atoms with Crippen LogP contribution < -0.4 is 11.1 Å². The van der Waals surface area contributed by atoms with Gasteiger partial charge in [0.2, 0.25) is 11.8 Å². The molecule has 0 spiro atoms. The second-order valence-electron chi connectivity index (χ2n) is 10.4. The summed E-state index contributed by atoms with van der Waals surface area (Å²) in [4.78, 5) is 30.8. The van der Waals surface area contributed by atoms with Crippen molar-refractivity contribution in [3.8, 4) is 6.07 Å². The van der Waals surface area contributed by atoms with Gasteiger partial charge in [-0.3, -0.25) is 14.5 Å². The van der Waals surface area contributed by atoms with Crippen molar-refractivity contribution < 1.29 is 14.3 Å². The number of amides is 2. The fourth-order valence-electron chi connectivity index (χ4n) is 5.43. The largest absolute Gasteiger partial charge is 0.383 e. The fraction of sp³-hybridized carbons (Fsp3) is 0.667. The predicted octanol–water partition coefficient (Wildman–Crippen LogP) is 2.16. The third-order valence-corrected chi connectivity index (χ3v) is 7.77. The van der Waals surface area contributed by atoms with Gasteiger partial charge in [0, 0.05) is 50.8 Å². The van der Waals surface area contributed by atoms with Gasteiger partial charge in [-0.1, -0.05) is 12.1 Å². The minimum Gasteiger partial charge on any atom is -0.383 e. The van der Waals surface area contributed by atoms with Crippen LogP contribution in [0.3, 0.4) is 0 Å². The monoisotopic (exact) mass is 481 g/mol. The summed E-state index contributed by atoms with van der Waals surface area (Å²) < 4.78 is 5.38. The van der Waals surface area contributed by atoms with Crippen LogP contribution in [0.15, 0.2) is 24.3 Å². The van der Waals surface area contributed by atoms with E-state index < -0.39 is 6.04 Å². The van der Waals surface area contributed by atoms with E-state index in [2.05, 4.69) is 16.3 Å². The summed E-state index contributed by atoms with van der Waals surface area (Å²) in [5, 5.41) is 12.4. The lowest BCUT2D eigenvalue weighted by Gasteiger charge is -2.43. The number of nitrogens with two attached hydrogens (primary N) is 1. The van der Waals surface area contributed by atoms with E-state index in [0.29, 0.717) is 31.7 Å². The number of methoxy groups -OCH3 is 1. The number of ether oxygens (including phenoxy) is 1. The van der Waals surface area contributed by atoms with Gasteiger partial charge in [-0.15, -0.1) is 0 Å². The lowest BCUT2D eigenvalue weighted by molar-refractivity contribution is -0.145. The summed E-state index contributed by atoms with van der Waals surface area (Å²) in [6.07, 6.45) is 6.99. The van der Waals surface area contributed by atoms with E-state index in [-0.39, 0.29) is 35.9 Å². The number of nitrogens with one attached hydrogen (secondary N) is 1. The maximum Gasteiger partial charge on any atom is 0.243 e. The van der Waals surface area contributed by atoms with Gasteiger partial charge in [-0.2, -0.15) is 5.26 Å². The molecule has 0 aromatic heterocycles. The Hall–Kier alpha value is -2.47. The highest BCUT2D eigenvalue weighted by atomic mass is 16.5. The molecule has 2 saturated carbocycles. The second kappa shape index (κ2) is 12.0. The first-order valence-electron chi connectivity index (χ1n) is 13.1. The van der Waals surface area contributed by atoms with Crippen molar-refractivity contribution in [3.63, 3.8) is 0 Å². The van der Waals surface area contributed by atoms with Crippen LogP contribution in [0.2, 0.25) is 0 Å². The summed E-state index contributed by atoms with van der Waals surface area (Å²) in [5.74, 6) is 0.219. The smallest absolute Gasteiger partial charge is 0.243 e. The first-order chi connectivity index (χ1) is 17.0. The van der Waals surface area contributed by atoms with Crippen molar-refractivity contribution >= 4 is 11.8 Å². The standard InChI is InChI=1S/C27H39N5O3/c1-35-15-14-31(18-20-4-2-19(17-28)3-5-20)24-12-13-32(27(34)21-6-7-21)25(16-24)26(33)30-23-10-8-22(29)9-11-23/h2-5,21-25H,6-16,18,29H2,1H3,(H,30,33)/t22?,23?,24?,25-/m1/s1. The molecule has 2 amide bonds. The Kier molecular flexibility index (Phi) is 8.77. The zero-order valence-electron chi connectivity index (χ0n) is 20.8. The number of piperidine rings is 1. The molecule has 190 valence electrons. The second-order valence-corrected chi connectivity index (χ2v) is 10.4. The molecule has 35 heavy (non-hydrogen) atoms. The first kappa shape index (κ1) is 25.6. The molecule has 2 aliphatic carbocycles. The third-order valence-electron chi connectivity index (χ3n) is 7.77. The maximum atomic E-state index is 13.5. The molecule has 3 aliphatic rings. The Morgan fingerprint density at radius 1 is 1.14 bits per heavy atom. The highest BCUT2D eigenvalue weighted by Crippen LogP contribution is 2.34. The molecule has 1 aromatic carbocycles. The van der Waals surface area contributed by atoms with Gasteiger partial charge in [0.25, 0.3) is 0 Å². The molecule has 4 rings (SSSR count). The normalized spacial score (nSPS) is 26.9. The van der Waals surface area contributed by atoms with Crippen LogP contribution in [0.5, 0.6) is 0 Å². The zero-order valence-corrected chi connectivity index (χ0v) is 20.8. The Labute approximate surface area is 208 Å². The molecular formula is C27H39N5O3. The molecule has 8 heteroatoms. The van der Waals surface area contributed by atoms with Gasteiger partial charge < -0.3 is 20.7 Å². The summed E-state index contributed by atoms with van der Waals surface area (Å²) in [5.41, 5.74) is 7.81. The van der Waals surface area contributed by atoms with E-state index in [1.54, 1.807) is 7.11 Å². The number of carbonyl (C=O) groups excluding carboxylic acids is 2. The lowest BCUT2D eigenvalue weighted by Crippen LogP contribution is -2.59. The van der Waals surface area contributed by atoms with Crippen LogP contribution in [0.1, 0.15) is 62.5 Å². The van der Waals surface area contributed by atoms with E-state index in [1.807, 2.05) is 29.2 Å².